The molecule has 0 saturated carbocycles. The molecule has 3 rings (SSSR count). The average molecular weight is 418 g/mol. The van der Waals surface area contributed by atoms with Crippen LogP contribution in [0.15, 0.2) is 76.2 Å². The van der Waals surface area contributed by atoms with E-state index in [4.69, 9.17) is 4.42 Å². The van der Waals surface area contributed by atoms with Crippen LogP contribution >= 0.6 is 0 Å². The lowest BCUT2D eigenvalue weighted by Crippen LogP contribution is -2.41. The van der Waals surface area contributed by atoms with Crippen molar-refractivity contribution in [2.45, 2.75) is 24.5 Å². The monoisotopic (exact) mass is 418 g/mol. The van der Waals surface area contributed by atoms with Crippen molar-refractivity contribution in [3.05, 3.63) is 84.1 Å². The van der Waals surface area contributed by atoms with Gasteiger partial charge in [-0.25, -0.2) is 12.8 Å². The summed E-state index contributed by atoms with van der Waals surface area (Å²) < 4.78 is 46.1. The average Bonchev–Trinajstić information content (AvgIpc) is 3.21. The molecule has 0 aliphatic heterocycles. The molecule has 0 unspecified atom stereocenters. The summed E-state index contributed by atoms with van der Waals surface area (Å²) in [7, 11) is -3.94. The second-order valence-electron chi connectivity index (χ2n) is 6.69. The number of nitrogens with one attached hydrogen (secondary N) is 1. The molecule has 0 aliphatic rings. The van der Waals surface area contributed by atoms with E-state index in [1.807, 2.05) is 6.92 Å². The summed E-state index contributed by atoms with van der Waals surface area (Å²) >= 11 is 0. The summed E-state index contributed by atoms with van der Waals surface area (Å²) in [5.74, 6) is 0.238. The van der Waals surface area contributed by atoms with E-state index < -0.39 is 21.9 Å². The maximum Gasteiger partial charge on any atom is 0.264 e. The highest BCUT2D eigenvalue weighted by Gasteiger charge is 2.27. The van der Waals surface area contributed by atoms with Crippen molar-refractivity contribution < 1.29 is 22.3 Å². The van der Waals surface area contributed by atoms with Crippen molar-refractivity contribution in [3.63, 3.8) is 0 Å². The quantitative estimate of drug-likeness (QED) is 0.558. The van der Waals surface area contributed by atoms with Gasteiger partial charge in [0.25, 0.3) is 10.0 Å². The smallest absolute Gasteiger partial charge is 0.264 e. The van der Waals surface area contributed by atoms with E-state index in [0.717, 1.165) is 9.87 Å². The Kier molecular flexibility index (Phi) is 6.68. The highest BCUT2D eigenvalue weighted by Crippen LogP contribution is 2.24. The minimum absolute atomic E-state index is 0.100. The first-order valence-electron chi connectivity index (χ1n) is 9.12. The highest BCUT2D eigenvalue weighted by atomic mass is 32.2. The number of rotatable bonds is 9. The van der Waals surface area contributed by atoms with Gasteiger partial charge in [-0.05, 0) is 55.5 Å². The van der Waals surface area contributed by atoms with Crippen molar-refractivity contribution in [1.82, 2.24) is 5.32 Å². The minimum Gasteiger partial charge on any atom is -0.468 e. The van der Waals surface area contributed by atoms with E-state index in [9.17, 15) is 17.9 Å². The third-order valence-electron chi connectivity index (χ3n) is 4.36. The predicted octanol–water partition coefficient (Wildman–Crippen LogP) is 3.07. The number of hydrogen-bond acceptors (Lipinski definition) is 5. The van der Waals surface area contributed by atoms with Crippen LogP contribution in [0, 0.1) is 12.7 Å². The Bertz CT molecular complexity index is 1000. The van der Waals surface area contributed by atoms with Crippen molar-refractivity contribution >= 4 is 15.7 Å². The first kappa shape index (κ1) is 21.0. The molecule has 29 heavy (non-hydrogen) atoms. The van der Waals surface area contributed by atoms with Gasteiger partial charge in [0.15, 0.2) is 0 Å². The van der Waals surface area contributed by atoms with Crippen LogP contribution in [0.25, 0.3) is 0 Å². The van der Waals surface area contributed by atoms with Crippen molar-refractivity contribution in [2.75, 3.05) is 17.4 Å². The molecule has 1 aromatic heterocycles. The van der Waals surface area contributed by atoms with Gasteiger partial charge in [-0.2, -0.15) is 0 Å². The maximum absolute atomic E-state index is 13.3. The Hall–Kier alpha value is -2.68. The summed E-state index contributed by atoms with van der Waals surface area (Å²) in [6, 6.07) is 15.1. The van der Waals surface area contributed by atoms with E-state index in [-0.39, 0.29) is 23.7 Å². The molecule has 3 aromatic rings. The SMILES string of the molecule is Cc1ccc(S(=O)(=O)N(C[C@H](O)CNCc2ccco2)c2ccc(F)cc2)cc1. The van der Waals surface area contributed by atoms with Gasteiger partial charge in [0.05, 0.1) is 36.0 Å². The van der Waals surface area contributed by atoms with Gasteiger partial charge in [-0.3, -0.25) is 4.31 Å². The zero-order chi connectivity index (χ0) is 20.9. The van der Waals surface area contributed by atoms with Crippen LogP contribution in [-0.4, -0.2) is 32.7 Å². The van der Waals surface area contributed by atoms with Crippen LogP contribution in [-0.2, 0) is 16.6 Å². The normalized spacial score (nSPS) is 12.7. The molecule has 2 N–H and O–H groups in total. The van der Waals surface area contributed by atoms with E-state index in [2.05, 4.69) is 5.32 Å². The molecule has 1 heterocycles. The van der Waals surface area contributed by atoms with Gasteiger partial charge in [0, 0.05) is 6.54 Å². The summed E-state index contributed by atoms with van der Waals surface area (Å²) in [6.45, 7) is 2.24. The Morgan fingerprint density at radius 1 is 1.10 bits per heavy atom. The molecular formula is C21H23FN2O4S. The van der Waals surface area contributed by atoms with Crippen LogP contribution in [0.3, 0.4) is 0 Å². The number of hydrogen-bond donors (Lipinski definition) is 2. The first-order chi connectivity index (χ1) is 13.9. The van der Waals surface area contributed by atoms with Crippen LogP contribution < -0.4 is 9.62 Å². The Balaban J connectivity index is 1.79. The lowest BCUT2D eigenvalue weighted by molar-refractivity contribution is 0.179. The van der Waals surface area contributed by atoms with Crippen LogP contribution in [0.1, 0.15) is 11.3 Å². The molecule has 0 bridgehead atoms. The molecule has 0 fully saturated rings. The Morgan fingerprint density at radius 2 is 1.79 bits per heavy atom. The molecule has 6 nitrogen and oxygen atoms in total. The fraction of sp³-hybridized carbons (Fsp3) is 0.238. The molecule has 0 radical (unpaired) electrons. The summed E-state index contributed by atoms with van der Waals surface area (Å²) in [6.07, 6.45) is 0.563. The predicted molar refractivity (Wildman–Crippen MR) is 109 cm³/mol. The number of halogens is 1. The largest absolute Gasteiger partial charge is 0.468 e. The van der Waals surface area contributed by atoms with Gasteiger partial charge in [0.1, 0.15) is 11.6 Å². The second-order valence-corrected chi connectivity index (χ2v) is 8.55. The number of furan rings is 1. The molecule has 1 atom stereocenters. The molecule has 8 heteroatoms. The van der Waals surface area contributed by atoms with Crippen LogP contribution in [0.4, 0.5) is 10.1 Å². The number of aryl methyl sites for hydroxylation is 1. The van der Waals surface area contributed by atoms with E-state index in [1.165, 1.54) is 36.4 Å². The van der Waals surface area contributed by atoms with Crippen LogP contribution in [0.5, 0.6) is 0 Å². The van der Waals surface area contributed by atoms with Gasteiger partial charge < -0.3 is 14.8 Å². The zero-order valence-corrected chi connectivity index (χ0v) is 16.8. The third-order valence-corrected chi connectivity index (χ3v) is 6.17. The summed E-state index contributed by atoms with van der Waals surface area (Å²) in [5.41, 5.74) is 1.21. The van der Waals surface area contributed by atoms with E-state index in [1.54, 1.807) is 30.5 Å². The highest BCUT2D eigenvalue weighted by molar-refractivity contribution is 7.92. The maximum atomic E-state index is 13.3. The van der Waals surface area contributed by atoms with E-state index >= 15 is 0 Å². The summed E-state index contributed by atoms with van der Waals surface area (Å²) in [4.78, 5) is 0.100. The topological polar surface area (TPSA) is 82.8 Å². The number of aliphatic hydroxyl groups excluding tert-OH is 1. The molecule has 2 aromatic carbocycles. The lowest BCUT2D eigenvalue weighted by atomic mass is 10.2. The third kappa shape index (κ3) is 5.44. The molecular weight excluding hydrogens is 395 g/mol. The van der Waals surface area contributed by atoms with Crippen molar-refractivity contribution in [1.29, 1.82) is 0 Å². The number of sulfonamides is 1. The van der Waals surface area contributed by atoms with Gasteiger partial charge in [-0.15, -0.1) is 0 Å². The van der Waals surface area contributed by atoms with Crippen molar-refractivity contribution in [2.24, 2.45) is 0 Å². The van der Waals surface area contributed by atoms with Crippen molar-refractivity contribution in [3.8, 4) is 0 Å². The standard InChI is InChI=1S/C21H23FN2O4S/c1-16-4-10-21(11-5-16)29(26,27)24(18-8-6-17(22)7-9-18)15-19(25)13-23-14-20-3-2-12-28-20/h2-12,19,23,25H,13-15H2,1H3/t19-/m1/s1. The fourth-order valence-corrected chi connectivity index (χ4v) is 4.32. The Labute approximate surface area is 169 Å². The number of aliphatic hydroxyl groups is 1. The Morgan fingerprint density at radius 3 is 2.41 bits per heavy atom. The zero-order valence-electron chi connectivity index (χ0n) is 16.0. The minimum atomic E-state index is -3.94. The van der Waals surface area contributed by atoms with Gasteiger partial charge >= 0.3 is 0 Å². The van der Waals surface area contributed by atoms with Gasteiger partial charge in [-0.1, -0.05) is 17.7 Å². The van der Waals surface area contributed by atoms with E-state index in [0.29, 0.717) is 12.3 Å². The molecule has 0 amide bonds. The molecule has 0 aliphatic carbocycles. The first-order valence-corrected chi connectivity index (χ1v) is 10.6. The number of anilines is 1. The number of nitrogens with zero attached hydrogens (tertiary/aromatic N) is 1. The summed E-state index contributed by atoms with van der Waals surface area (Å²) in [5, 5.41) is 13.5. The molecule has 0 saturated heterocycles. The molecule has 154 valence electrons. The fourth-order valence-electron chi connectivity index (χ4n) is 2.82. The van der Waals surface area contributed by atoms with Gasteiger partial charge in [0.2, 0.25) is 0 Å². The second kappa shape index (κ2) is 9.21. The van der Waals surface area contributed by atoms with Crippen LogP contribution in [0.2, 0.25) is 0 Å². The lowest BCUT2D eigenvalue weighted by Gasteiger charge is -2.27. The molecule has 0 spiro atoms. The number of benzene rings is 2.